The number of carbonyl (C=O) groups is 1. The predicted molar refractivity (Wildman–Crippen MR) is 96.8 cm³/mol. The molecule has 2 aromatic rings. The Balaban J connectivity index is 1.54. The van der Waals surface area contributed by atoms with Gasteiger partial charge in [-0.15, -0.1) is 0 Å². The smallest absolute Gasteiger partial charge is 0.256 e. The van der Waals surface area contributed by atoms with Gasteiger partial charge >= 0.3 is 0 Å². The molecule has 2 aliphatic rings. The molecule has 1 spiro atoms. The molecular formula is C20H24N2O4. The first-order valence-electron chi connectivity index (χ1n) is 9.10. The molecule has 1 amide bonds. The quantitative estimate of drug-likeness (QED) is 0.813. The van der Waals surface area contributed by atoms with E-state index in [2.05, 4.69) is 4.98 Å². The number of aromatic nitrogens is 1. The molecule has 0 aliphatic carbocycles. The van der Waals surface area contributed by atoms with Crippen molar-refractivity contribution < 1.29 is 19.7 Å². The minimum atomic E-state index is -1.15. The van der Waals surface area contributed by atoms with E-state index in [-0.39, 0.29) is 5.91 Å². The zero-order valence-corrected chi connectivity index (χ0v) is 14.9. The summed E-state index contributed by atoms with van der Waals surface area (Å²) >= 11 is 0. The molecule has 0 radical (unpaired) electrons. The number of likely N-dealkylation sites (tertiary alicyclic amines) is 1. The van der Waals surface area contributed by atoms with Crippen molar-refractivity contribution in [2.45, 2.75) is 43.5 Å². The number of amides is 1. The van der Waals surface area contributed by atoms with Gasteiger partial charge in [-0.3, -0.25) is 9.78 Å². The number of benzene rings is 1. The van der Waals surface area contributed by atoms with Crippen LogP contribution in [0.25, 0.3) is 10.9 Å². The lowest BCUT2D eigenvalue weighted by molar-refractivity contribution is -0.244. The van der Waals surface area contributed by atoms with Crippen molar-refractivity contribution in [2.24, 2.45) is 0 Å². The summed E-state index contributed by atoms with van der Waals surface area (Å²) < 4.78 is 5.90. The summed E-state index contributed by atoms with van der Waals surface area (Å²) in [7, 11) is 0. The molecule has 3 heterocycles. The Kier molecular flexibility index (Phi) is 4.22. The van der Waals surface area contributed by atoms with Gasteiger partial charge in [0.2, 0.25) is 0 Å². The van der Waals surface area contributed by atoms with Crippen LogP contribution in [0.2, 0.25) is 0 Å². The molecule has 26 heavy (non-hydrogen) atoms. The van der Waals surface area contributed by atoms with Gasteiger partial charge in [0, 0.05) is 31.1 Å². The molecule has 138 valence electrons. The van der Waals surface area contributed by atoms with E-state index in [1.165, 1.54) is 0 Å². The number of aliphatic hydroxyl groups excluding tert-OH is 1. The third-order valence-electron chi connectivity index (χ3n) is 5.85. The molecule has 6 nitrogen and oxygen atoms in total. The molecule has 1 aromatic carbocycles. The Morgan fingerprint density at radius 2 is 1.96 bits per heavy atom. The fourth-order valence-corrected chi connectivity index (χ4v) is 4.20. The van der Waals surface area contributed by atoms with Crippen LogP contribution in [0.3, 0.4) is 0 Å². The van der Waals surface area contributed by atoms with Crippen LogP contribution in [0.1, 0.15) is 36.5 Å². The Morgan fingerprint density at radius 3 is 2.73 bits per heavy atom. The number of piperidine rings is 1. The molecule has 0 saturated carbocycles. The van der Waals surface area contributed by atoms with Gasteiger partial charge in [0.15, 0.2) is 0 Å². The van der Waals surface area contributed by atoms with Gasteiger partial charge in [0.05, 0.1) is 23.3 Å². The molecule has 0 unspecified atom stereocenters. The van der Waals surface area contributed by atoms with E-state index < -0.39 is 17.3 Å². The van der Waals surface area contributed by atoms with Gasteiger partial charge in [-0.1, -0.05) is 18.2 Å². The highest BCUT2D eigenvalue weighted by Gasteiger charge is 2.52. The number of hydrogen-bond donors (Lipinski definition) is 2. The summed E-state index contributed by atoms with van der Waals surface area (Å²) in [5, 5.41) is 22.0. The second-order valence-electron chi connectivity index (χ2n) is 7.60. The van der Waals surface area contributed by atoms with E-state index in [9.17, 15) is 15.0 Å². The van der Waals surface area contributed by atoms with E-state index in [0.29, 0.717) is 50.0 Å². The number of hydrogen-bond acceptors (Lipinski definition) is 5. The van der Waals surface area contributed by atoms with E-state index in [1.54, 1.807) is 24.1 Å². The fraction of sp³-hybridized carbons (Fsp3) is 0.500. The molecule has 0 bridgehead atoms. The van der Waals surface area contributed by atoms with Crippen molar-refractivity contribution in [3.63, 3.8) is 0 Å². The van der Waals surface area contributed by atoms with Crippen LogP contribution in [0, 0.1) is 0 Å². The fourth-order valence-electron chi connectivity index (χ4n) is 4.20. The molecule has 2 saturated heterocycles. The normalized spacial score (nSPS) is 28.4. The van der Waals surface area contributed by atoms with E-state index in [0.717, 1.165) is 5.39 Å². The zero-order chi connectivity index (χ0) is 18.4. The summed E-state index contributed by atoms with van der Waals surface area (Å²) in [5.41, 5.74) is -0.618. The zero-order valence-electron chi connectivity index (χ0n) is 14.9. The number of para-hydroxylation sites is 1. The second-order valence-corrected chi connectivity index (χ2v) is 7.60. The highest BCUT2D eigenvalue weighted by molar-refractivity contribution is 6.05. The first-order chi connectivity index (χ1) is 12.4. The third-order valence-corrected chi connectivity index (χ3v) is 5.85. The molecule has 2 aliphatic heterocycles. The maximum atomic E-state index is 13.0. The van der Waals surface area contributed by atoms with Crippen LogP contribution in [-0.2, 0) is 4.74 Å². The molecule has 1 aromatic heterocycles. The van der Waals surface area contributed by atoms with Crippen molar-refractivity contribution in [3.8, 4) is 0 Å². The van der Waals surface area contributed by atoms with Gasteiger partial charge in [0.1, 0.15) is 11.7 Å². The van der Waals surface area contributed by atoms with Crippen LogP contribution in [0.5, 0.6) is 0 Å². The Morgan fingerprint density at radius 1 is 1.23 bits per heavy atom. The highest BCUT2D eigenvalue weighted by atomic mass is 16.5. The van der Waals surface area contributed by atoms with Crippen LogP contribution < -0.4 is 0 Å². The van der Waals surface area contributed by atoms with Crippen molar-refractivity contribution >= 4 is 16.8 Å². The SMILES string of the molecule is C[C@@]1(O)CCOC2(CCN(C(=O)c3cccc4cccnc34)CC2)[C@H]1O. The van der Waals surface area contributed by atoms with Crippen molar-refractivity contribution in [1.29, 1.82) is 0 Å². The standard InChI is InChI=1S/C20H24N2O4/c1-19(25)9-13-26-20(18(19)24)7-11-22(12-8-20)17(23)15-6-2-4-14-5-3-10-21-16(14)15/h2-6,10,18,24-25H,7-9,11-13H2,1H3/t18-,19+/m0/s1. The molecule has 6 heteroatoms. The minimum Gasteiger partial charge on any atom is -0.387 e. The number of carbonyl (C=O) groups excluding carboxylic acids is 1. The van der Waals surface area contributed by atoms with Crippen LogP contribution in [0.15, 0.2) is 36.5 Å². The largest absolute Gasteiger partial charge is 0.387 e. The van der Waals surface area contributed by atoms with E-state index in [1.807, 2.05) is 24.3 Å². The van der Waals surface area contributed by atoms with Crippen molar-refractivity contribution in [2.75, 3.05) is 19.7 Å². The summed E-state index contributed by atoms with van der Waals surface area (Å²) in [6.45, 7) is 3.04. The third kappa shape index (κ3) is 2.78. The Bertz CT molecular complexity index is 822. The average Bonchev–Trinajstić information content (AvgIpc) is 2.66. The number of rotatable bonds is 1. The summed E-state index contributed by atoms with van der Waals surface area (Å²) in [6, 6.07) is 9.42. The lowest BCUT2D eigenvalue weighted by Gasteiger charge is -2.51. The number of aliphatic hydroxyl groups is 2. The molecule has 2 N–H and O–H groups in total. The van der Waals surface area contributed by atoms with Gasteiger partial charge in [-0.2, -0.15) is 0 Å². The average molecular weight is 356 g/mol. The maximum Gasteiger partial charge on any atom is 0.256 e. The van der Waals surface area contributed by atoms with Crippen molar-refractivity contribution in [3.05, 3.63) is 42.1 Å². The Labute approximate surface area is 152 Å². The molecule has 2 atom stereocenters. The molecule has 4 rings (SSSR count). The maximum absolute atomic E-state index is 13.0. The first-order valence-corrected chi connectivity index (χ1v) is 9.10. The number of ether oxygens (including phenoxy) is 1. The van der Waals surface area contributed by atoms with Gasteiger partial charge < -0.3 is 19.8 Å². The number of fused-ring (bicyclic) bond motifs is 1. The predicted octanol–water partition coefficient (Wildman–Crippen LogP) is 1.74. The van der Waals surface area contributed by atoms with Crippen LogP contribution in [-0.4, -0.2) is 63.0 Å². The number of pyridine rings is 1. The van der Waals surface area contributed by atoms with Crippen molar-refractivity contribution in [1.82, 2.24) is 9.88 Å². The lowest BCUT2D eigenvalue weighted by atomic mass is 9.75. The first kappa shape index (κ1) is 17.4. The summed E-state index contributed by atoms with van der Waals surface area (Å²) in [4.78, 5) is 19.2. The van der Waals surface area contributed by atoms with Gasteiger partial charge in [-0.25, -0.2) is 0 Å². The monoisotopic (exact) mass is 356 g/mol. The van der Waals surface area contributed by atoms with Crippen LogP contribution >= 0.6 is 0 Å². The number of nitrogens with zero attached hydrogens (tertiary/aromatic N) is 2. The van der Waals surface area contributed by atoms with E-state index in [4.69, 9.17) is 4.74 Å². The van der Waals surface area contributed by atoms with Gasteiger partial charge in [0.25, 0.3) is 5.91 Å². The Hall–Kier alpha value is -2.02. The topological polar surface area (TPSA) is 82.9 Å². The van der Waals surface area contributed by atoms with Gasteiger partial charge in [-0.05, 0) is 31.9 Å². The van der Waals surface area contributed by atoms with Crippen LogP contribution in [0.4, 0.5) is 0 Å². The molecular weight excluding hydrogens is 332 g/mol. The highest BCUT2D eigenvalue weighted by Crippen LogP contribution is 2.40. The lowest BCUT2D eigenvalue weighted by Crippen LogP contribution is -2.64. The summed E-state index contributed by atoms with van der Waals surface area (Å²) in [6.07, 6.45) is 2.18. The molecule has 2 fully saturated rings. The van der Waals surface area contributed by atoms with E-state index >= 15 is 0 Å². The minimum absolute atomic E-state index is 0.0544. The summed E-state index contributed by atoms with van der Waals surface area (Å²) in [5.74, 6) is -0.0544. The second kappa shape index (κ2) is 6.30.